The van der Waals surface area contributed by atoms with Crippen molar-refractivity contribution in [1.82, 2.24) is 0 Å². The number of aromatic hydroxyl groups is 2. The molecule has 18 heavy (non-hydrogen) atoms. The Kier molecular flexibility index (Phi) is 3.91. The van der Waals surface area contributed by atoms with E-state index in [2.05, 4.69) is 10.6 Å². The maximum absolute atomic E-state index is 9.29. The molecule has 4 nitrogen and oxygen atoms in total. The van der Waals surface area contributed by atoms with Gasteiger partial charge >= 0.3 is 0 Å². The third-order valence-electron chi connectivity index (χ3n) is 2.48. The fourth-order valence-corrected chi connectivity index (χ4v) is 1.65. The first kappa shape index (κ1) is 12.1. The molecule has 0 radical (unpaired) electrons. The number of nitrogens with one attached hydrogen (secondary N) is 2. The molecule has 0 fully saturated rings. The topological polar surface area (TPSA) is 64.5 Å². The fourth-order valence-electron chi connectivity index (χ4n) is 1.65. The van der Waals surface area contributed by atoms with Gasteiger partial charge in [0, 0.05) is 36.6 Å². The second-order valence-electron chi connectivity index (χ2n) is 3.95. The zero-order valence-corrected chi connectivity index (χ0v) is 9.93. The molecule has 0 aromatic heterocycles. The number of hydrogen-bond donors (Lipinski definition) is 4. The predicted molar refractivity (Wildman–Crippen MR) is 73.2 cm³/mol. The van der Waals surface area contributed by atoms with Crippen LogP contribution in [0.3, 0.4) is 0 Å². The van der Waals surface area contributed by atoms with Crippen LogP contribution in [0.25, 0.3) is 0 Å². The summed E-state index contributed by atoms with van der Waals surface area (Å²) < 4.78 is 0. The van der Waals surface area contributed by atoms with E-state index in [1.165, 1.54) is 0 Å². The average Bonchev–Trinajstić information content (AvgIpc) is 2.35. The van der Waals surface area contributed by atoms with Gasteiger partial charge < -0.3 is 20.8 Å². The third kappa shape index (κ3) is 3.59. The van der Waals surface area contributed by atoms with E-state index >= 15 is 0 Å². The molecule has 0 unspecified atom stereocenters. The van der Waals surface area contributed by atoms with E-state index in [0.29, 0.717) is 0 Å². The summed E-state index contributed by atoms with van der Waals surface area (Å²) >= 11 is 0. The zero-order valence-electron chi connectivity index (χ0n) is 9.93. The number of phenolic OH excluding ortho intramolecular Hbond substituents is 2. The van der Waals surface area contributed by atoms with Gasteiger partial charge in [-0.05, 0) is 24.3 Å². The second-order valence-corrected chi connectivity index (χ2v) is 3.95. The van der Waals surface area contributed by atoms with Crippen LogP contribution in [0, 0.1) is 0 Å². The molecule has 0 aliphatic carbocycles. The van der Waals surface area contributed by atoms with Gasteiger partial charge in [-0.25, -0.2) is 0 Å². The quantitative estimate of drug-likeness (QED) is 0.610. The highest BCUT2D eigenvalue weighted by atomic mass is 16.3. The smallest absolute Gasteiger partial charge is 0.117 e. The molecule has 4 heteroatoms. The number of benzene rings is 2. The fraction of sp³-hybridized carbons (Fsp3) is 0.143. The summed E-state index contributed by atoms with van der Waals surface area (Å²) in [6, 6.07) is 14.0. The highest BCUT2D eigenvalue weighted by Gasteiger charge is 1.95. The Bertz CT molecular complexity index is 467. The summed E-state index contributed by atoms with van der Waals surface area (Å²) in [5, 5.41) is 25.0. The lowest BCUT2D eigenvalue weighted by Crippen LogP contribution is -2.13. The van der Waals surface area contributed by atoms with E-state index in [1.807, 2.05) is 12.1 Å². The SMILES string of the molecule is Oc1cccc(NCCNc2cccc(O)c2)c1. The Balaban J connectivity index is 1.76. The standard InChI is InChI=1S/C14H16N2O2/c17-13-5-1-3-11(9-13)15-7-8-16-12-4-2-6-14(18)10-12/h1-6,9-10,15-18H,7-8H2. The highest BCUT2D eigenvalue weighted by Crippen LogP contribution is 2.16. The molecule has 0 amide bonds. The first-order valence-corrected chi connectivity index (χ1v) is 5.80. The Labute approximate surface area is 106 Å². The lowest BCUT2D eigenvalue weighted by atomic mass is 10.3. The van der Waals surface area contributed by atoms with Crippen molar-refractivity contribution in [1.29, 1.82) is 0 Å². The molecular weight excluding hydrogens is 228 g/mol. The van der Waals surface area contributed by atoms with Gasteiger partial charge in [-0.15, -0.1) is 0 Å². The van der Waals surface area contributed by atoms with Crippen molar-refractivity contribution < 1.29 is 10.2 Å². The molecule has 0 bridgehead atoms. The van der Waals surface area contributed by atoms with Crippen molar-refractivity contribution in [2.75, 3.05) is 23.7 Å². The van der Waals surface area contributed by atoms with Gasteiger partial charge in [-0.2, -0.15) is 0 Å². The maximum atomic E-state index is 9.29. The Morgan fingerprint density at radius 3 is 1.56 bits per heavy atom. The van der Waals surface area contributed by atoms with E-state index < -0.39 is 0 Å². The molecule has 0 aliphatic heterocycles. The van der Waals surface area contributed by atoms with Gasteiger partial charge in [-0.3, -0.25) is 0 Å². The van der Waals surface area contributed by atoms with E-state index in [0.717, 1.165) is 24.5 Å². The summed E-state index contributed by atoms with van der Waals surface area (Å²) in [6.07, 6.45) is 0. The summed E-state index contributed by atoms with van der Waals surface area (Å²) in [5.41, 5.74) is 1.76. The number of anilines is 2. The molecule has 2 aromatic carbocycles. The van der Waals surface area contributed by atoms with E-state index in [9.17, 15) is 10.2 Å². The van der Waals surface area contributed by atoms with Crippen LogP contribution in [-0.4, -0.2) is 23.3 Å². The average molecular weight is 244 g/mol. The van der Waals surface area contributed by atoms with Gasteiger partial charge in [-0.1, -0.05) is 12.1 Å². The molecule has 0 heterocycles. The summed E-state index contributed by atoms with van der Waals surface area (Å²) in [7, 11) is 0. The minimum Gasteiger partial charge on any atom is -0.508 e. The molecule has 0 saturated carbocycles. The van der Waals surface area contributed by atoms with Crippen molar-refractivity contribution in [2.45, 2.75) is 0 Å². The lowest BCUT2D eigenvalue weighted by Gasteiger charge is -2.09. The van der Waals surface area contributed by atoms with Crippen LogP contribution in [0.4, 0.5) is 11.4 Å². The van der Waals surface area contributed by atoms with Crippen LogP contribution in [0.1, 0.15) is 0 Å². The Morgan fingerprint density at radius 1 is 0.722 bits per heavy atom. The van der Waals surface area contributed by atoms with Crippen molar-refractivity contribution >= 4 is 11.4 Å². The first-order valence-electron chi connectivity index (χ1n) is 5.80. The summed E-state index contributed by atoms with van der Waals surface area (Å²) in [5.74, 6) is 0.502. The van der Waals surface area contributed by atoms with Gasteiger partial charge in [0.05, 0.1) is 0 Å². The molecule has 94 valence electrons. The molecule has 0 saturated heterocycles. The first-order chi connectivity index (χ1) is 8.74. The third-order valence-corrected chi connectivity index (χ3v) is 2.48. The van der Waals surface area contributed by atoms with Gasteiger partial charge in [0.25, 0.3) is 0 Å². The zero-order chi connectivity index (χ0) is 12.8. The van der Waals surface area contributed by atoms with Gasteiger partial charge in [0.2, 0.25) is 0 Å². The number of phenols is 2. The van der Waals surface area contributed by atoms with Crippen molar-refractivity contribution in [3.8, 4) is 11.5 Å². The normalized spacial score (nSPS) is 10.0. The van der Waals surface area contributed by atoms with Crippen LogP contribution in [-0.2, 0) is 0 Å². The van der Waals surface area contributed by atoms with Crippen LogP contribution >= 0.6 is 0 Å². The van der Waals surface area contributed by atoms with Gasteiger partial charge in [0.15, 0.2) is 0 Å². The van der Waals surface area contributed by atoms with E-state index in [-0.39, 0.29) is 11.5 Å². The van der Waals surface area contributed by atoms with Crippen molar-refractivity contribution in [3.05, 3.63) is 48.5 Å². The largest absolute Gasteiger partial charge is 0.508 e. The van der Waals surface area contributed by atoms with Crippen molar-refractivity contribution in [2.24, 2.45) is 0 Å². The highest BCUT2D eigenvalue weighted by molar-refractivity contribution is 5.49. The summed E-state index contributed by atoms with van der Waals surface area (Å²) in [4.78, 5) is 0. The van der Waals surface area contributed by atoms with Crippen LogP contribution in [0.5, 0.6) is 11.5 Å². The molecular formula is C14H16N2O2. The minimum atomic E-state index is 0.251. The number of hydrogen-bond acceptors (Lipinski definition) is 4. The van der Waals surface area contributed by atoms with E-state index in [1.54, 1.807) is 36.4 Å². The molecule has 4 N–H and O–H groups in total. The predicted octanol–water partition coefficient (Wildman–Crippen LogP) is 2.62. The van der Waals surface area contributed by atoms with Crippen LogP contribution in [0.2, 0.25) is 0 Å². The molecule has 2 aromatic rings. The molecule has 0 atom stereocenters. The maximum Gasteiger partial charge on any atom is 0.117 e. The van der Waals surface area contributed by atoms with Gasteiger partial charge in [0.1, 0.15) is 11.5 Å². The Morgan fingerprint density at radius 2 is 1.17 bits per heavy atom. The molecule has 0 spiro atoms. The Hall–Kier alpha value is -2.36. The van der Waals surface area contributed by atoms with Crippen LogP contribution in [0.15, 0.2) is 48.5 Å². The minimum absolute atomic E-state index is 0.251. The monoisotopic (exact) mass is 244 g/mol. The molecule has 2 rings (SSSR count). The van der Waals surface area contributed by atoms with Crippen LogP contribution < -0.4 is 10.6 Å². The summed E-state index contributed by atoms with van der Waals surface area (Å²) in [6.45, 7) is 1.44. The second kappa shape index (κ2) is 5.82. The number of rotatable bonds is 5. The lowest BCUT2D eigenvalue weighted by molar-refractivity contribution is 0.475. The van der Waals surface area contributed by atoms with E-state index in [4.69, 9.17) is 0 Å². The van der Waals surface area contributed by atoms with Crippen molar-refractivity contribution in [3.63, 3.8) is 0 Å². The molecule has 0 aliphatic rings.